The predicted octanol–water partition coefficient (Wildman–Crippen LogP) is 3.42. The minimum Gasteiger partial charge on any atom is -0.265 e. The Balaban J connectivity index is 2.62. The van der Waals surface area contributed by atoms with Gasteiger partial charge in [-0.25, -0.2) is 0 Å². The average molecular weight is 165 g/mol. The van der Waals surface area contributed by atoms with Crippen LogP contribution in [0.3, 0.4) is 0 Å². The summed E-state index contributed by atoms with van der Waals surface area (Å²) in [6.07, 6.45) is 3.14. The van der Waals surface area contributed by atoms with Gasteiger partial charge in [0.25, 0.3) is 0 Å². The van der Waals surface area contributed by atoms with E-state index in [0.29, 0.717) is 11.3 Å². The van der Waals surface area contributed by atoms with Gasteiger partial charge in [-0.3, -0.25) is 4.99 Å². The number of nitrogens with zero attached hydrogens (tertiary/aromatic N) is 1. The molecule has 0 fully saturated rings. The van der Waals surface area contributed by atoms with E-state index in [1.165, 1.54) is 11.3 Å². The van der Waals surface area contributed by atoms with Crippen molar-refractivity contribution in [3.05, 3.63) is 11.8 Å². The highest BCUT2D eigenvalue weighted by Gasteiger charge is 2.22. The fourth-order valence-corrected chi connectivity index (χ4v) is 1.26. The second-order valence-electron chi connectivity index (χ2n) is 4.86. The molecule has 0 radical (unpaired) electrons. The van der Waals surface area contributed by atoms with E-state index in [0.717, 1.165) is 6.42 Å². The summed E-state index contributed by atoms with van der Waals surface area (Å²) >= 11 is 0. The Bertz CT molecular complexity index is 226. The predicted molar refractivity (Wildman–Crippen MR) is 54.4 cm³/mol. The van der Waals surface area contributed by atoms with Crippen molar-refractivity contribution in [1.29, 1.82) is 0 Å². The molecular formula is C11H19N. The van der Waals surface area contributed by atoms with Gasteiger partial charge in [-0.2, -0.15) is 0 Å². The van der Waals surface area contributed by atoms with Crippen molar-refractivity contribution in [2.75, 3.05) is 0 Å². The van der Waals surface area contributed by atoms with Crippen LogP contribution in [-0.2, 0) is 0 Å². The first-order valence-electron chi connectivity index (χ1n) is 4.67. The lowest BCUT2D eigenvalue weighted by atomic mass is 9.84. The topological polar surface area (TPSA) is 12.4 Å². The van der Waals surface area contributed by atoms with Crippen molar-refractivity contribution in [2.24, 2.45) is 16.3 Å². The first-order chi connectivity index (χ1) is 5.41. The molecule has 0 bridgehead atoms. The van der Waals surface area contributed by atoms with Gasteiger partial charge in [0.15, 0.2) is 0 Å². The Morgan fingerprint density at radius 2 is 1.92 bits per heavy atom. The summed E-state index contributed by atoms with van der Waals surface area (Å²) in [5.41, 5.74) is 3.09. The zero-order valence-corrected chi connectivity index (χ0v) is 8.81. The molecule has 1 aliphatic rings. The van der Waals surface area contributed by atoms with E-state index in [1.807, 2.05) is 0 Å². The number of aliphatic imine (C=N–C) groups is 1. The van der Waals surface area contributed by atoms with Gasteiger partial charge in [-0.05, 0) is 16.9 Å². The van der Waals surface area contributed by atoms with E-state index in [1.54, 1.807) is 0 Å². The van der Waals surface area contributed by atoms with Gasteiger partial charge >= 0.3 is 0 Å². The van der Waals surface area contributed by atoms with Crippen molar-refractivity contribution in [2.45, 2.75) is 41.0 Å². The highest BCUT2D eigenvalue weighted by molar-refractivity contribution is 5.90. The third-order valence-electron chi connectivity index (χ3n) is 2.39. The molecule has 0 aromatic heterocycles. The van der Waals surface area contributed by atoms with Crippen LogP contribution in [0.15, 0.2) is 16.8 Å². The Labute approximate surface area is 75.6 Å². The molecule has 1 rings (SSSR count). The van der Waals surface area contributed by atoms with Crippen LogP contribution in [0.2, 0.25) is 0 Å². The zero-order chi connectivity index (χ0) is 9.35. The number of hydrogen-bond donors (Lipinski definition) is 0. The molecule has 1 heterocycles. The summed E-state index contributed by atoms with van der Waals surface area (Å²) in [5, 5.41) is 0. The van der Waals surface area contributed by atoms with Crippen molar-refractivity contribution < 1.29 is 0 Å². The van der Waals surface area contributed by atoms with Gasteiger partial charge < -0.3 is 0 Å². The first kappa shape index (κ1) is 9.50. The van der Waals surface area contributed by atoms with Crippen LogP contribution in [0, 0.1) is 11.3 Å². The van der Waals surface area contributed by atoms with Crippen LogP contribution in [0.1, 0.15) is 41.0 Å². The molecule has 1 nitrogen and oxygen atoms in total. The van der Waals surface area contributed by atoms with Crippen molar-refractivity contribution >= 4 is 5.71 Å². The van der Waals surface area contributed by atoms with Gasteiger partial charge in [-0.1, -0.05) is 34.6 Å². The number of hydrogen-bond acceptors (Lipinski definition) is 1. The summed E-state index contributed by atoms with van der Waals surface area (Å²) in [6.45, 7) is 11.2. The third kappa shape index (κ3) is 1.96. The van der Waals surface area contributed by atoms with Crippen LogP contribution < -0.4 is 0 Å². The summed E-state index contributed by atoms with van der Waals surface area (Å²) < 4.78 is 0. The molecule has 12 heavy (non-hydrogen) atoms. The normalized spacial score (nSPS) is 18.2. The summed E-state index contributed by atoms with van der Waals surface area (Å²) in [6, 6.07) is 0. The average Bonchev–Trinajstić information content (AvgIpc) is 2.30. The number of allylic oxidation sites excluding steroid dienone is 1. The molecule has 0 aromatic carbocycles. The molecule has 0 aromatic rings. The minimum absolute atomic E-state index is 0.292. The first-order valence-corrected chi connectivity index (χ1v) is 4.67. The largest absolute Gasteiger partial charge is 0.265 e. The lowest BCUT2D eigenvalue weighted by molar-refractivity contribution is 0.497. The second-order valence-corrected chi connectivity index (χ2v) is 4.86. The van der Waals surface area contributed by atoms with Crippen LogP contribution in [0.25, 0.3) is 0 Å². The molecule has 1 heteroatoms. The fourth-order valence-electron chi connectivity index (χ4n) is 1.26. The van der Waals surface area contributed by atoms with E-state index >= 15 is 0 Å². The van der Waals surface area contributed by atoms with Crippen LogP contribution >= 0.6 is 0 Å². The van der Waals surface area contributed by atoms with E-state index in [-0.39, 0.29) is 0 Å². The molecule has 0 saturated carbocycles. The third-order valence-corrected chi connectivity index (χ3v) is 2.39. The second kappa shape index (κ2) is 3.04. The molecule has 1 aliphatic heterocycles. The fraction of sp³-hybridized carbons (Fsp3) is 0.727. The van der Waals surface area contributed by atoms with E-state index < -0.39 is 0 Å². The Kier molecular flexibility index (Phi) is 2.41. The summed E-state index contributed by atoms with van der Waals surface area (Å²) in [7, 11) is 0. The molecule has 0 aliphatic carbocycles. The summed E-state index contributed by atoms with van der Waals surface area (Å²) in [4.78, 5) is 4.44. The highest BCUT2D eigenvalue weighted by Crippen LogP contribution is 2.32. The van der Waals surface area contributed by atoms with Crippen molar-refractivity contribution in [1.82, 2.24) is 0 Å². The maximum absolute atomic E-state index is 4.44. The molecule has 68 valence electrons. The quantitative estimate of drug-likeness (QED) is 0.564. The zero-order valence-electron chi connectivity index (χ0n) is 8.81. The van der Waals surface area contributed by atoms with E-state index in [2.05, 4.69) is 45.8 Å². The Morgan fingerprint density at radius 3 is 2.17 bits per heavy atom. The van der Waals surface area contributed by atoms with Gasteiger partial charge in [0.05, 0.1) is 0 Å². The van der Waals surface area contributed by atoms with Crippen molar-refractivity contribution in [3.63, 3.8) is 0 Å². The standard InChI is InChI=1S/C11H19N/c1-8(2)10-6-9(7-12-10)11(3,4)5/h7-8H,6H2,1-5H3. The van der Waals surface area contributed by atoms with Gasteiger partial charge in [0.1, 0.15) is 0 Å². The number of rotatable bonds is 1. The molecule has 0 amide bonds. The molecular weight excluding hydrogens is 146 g/mol. The molecule has 0 unspecified atom stereocenters. The maximum Gasteiger partial charge on any atom is 0.0268 e. The lowest BCUT2D eigenvalue weighted by Crippen LogP contribution is -2.12. The Morgan fingerprint density at radius 1 is 1.33 bits per heavy atom. The van der Waals surface area contributed by atoms with Crippen LogP contribution in [0.5, 0.6) is 0 Å². The molecule has 0 atom stereocenters. The lowest BCUT2D eigenvalue weighted by Gasteiger charge is -2.20. The van der Waals surface area contributed by atoms with Crippen LogP contribution in [0.4, 0.5) is 0 Å². The summed E-state index contributed by atoms with van der Waals surface area (Å²) in [5.74, 6) is 0.598. The minimum atomic E-state index is 0.292. The monoisotopic (exact) mass is 165 g/mol. The van der Waals surface area contributed by atoms with Gasteiger partial charge in [0.2, 0.25) is 0 Å². The SMILES string of the molecule is CC(C)C1=NC=C(C(C)(C)C)C1. The van der Waals surface area contributed by atoms with Gasteiger partial charge in [0, 0.05) is 18.3 Å². The molecule has 0 N–H and O–H groups in total. The molecule has 0 spiro atoms. The van der Waals surface area contributed by atoms with Crippen molar-refractivity contribution in [3.8, 4) is 0 Å². The van der Waals surface area contributed by atoms with E-state index in [9.17, 15) is 0 Å². The smallest absolute Gasteiger partial charge is 0.0268 e. The maximum atomic E-state index is 4.44. The highest BCUT2D eigenvalue weighted by atomic mass is 14.7. The Hall–Kier alpha value is -0.590. The molecule has 0 saturated heterocycles. The van der Waals surface area contributed by atoms with Crippen LogP contribution in [-0.4, -0.2) is 5.71 Å². The van der Waals surface area contributed by atoms with Gasteiger partial charge in [-0.15, -0.1) is 0 Å². The van der Waals surface area contributed by atoms with E-state index in [4.69, 9.17) is 0 Å².